The van der Waals surface area contributed by atoms with E-state index in [0.717, 1.165) is 32.1 Å². The molecule has 0 radical (unpaired) electrons. The quantitative estimate of drug-likeness (QED) is 0.591. The van der Waals surface area contributed by atoms with E-state index in [1.165, 1.54) is 0 Å². The molecule has 1 unspecified atom stereocenters. The highest BCUT2D eigenvalue weighted by atomic mass is 16.5. The summed E-state index contributed by atoms with van der Waals surface area (Å²) in [6.07, 6.45) is 5.97. The smallest absolute Gasteiger partial charge is 0.0698 e. The van der Waals surface area contributed by atoms with Crippen LogP contribution in [0, 0.1) is 0 Å². The van der Waals surface area contributed by atoms with E-state index >= 15 is 0 Å². The molecule has 0 rings (SSSR count). The van der Waals surface area contributed by atoms with E-state index in [4.69, 9.17) is 9.47 Å². The van der Waals surface area contributed by atoms with Gasteiger partial charge >= 0.3 is 0 Å². The first-order valence-corrected chi connectivity index (χ1v) is 6.77. The van der Waals surface area contributed by atoms with Gasteiger partial charge in [0.15, 0.2) is 0 Å². The Morgan fingerprint density at radius 3 is 1.81 bits per heavy atom. The summed E-state index contributed by atoms with van der Waals surface area (Å²) in [5, 5.41) is 0. The molecule has 0 aliphatic heterocycles. The Bertz CT molecular complexity index is 152. The van der Waals surface area contributed by atoms with Crippen LogP contribution in [0.1, 0.15) is 66.7 Å². The first-order chi connectivity index (χ1) is 7.57. The van der Waals surface area contributed by atoms with Gasteiger partial charge in [0, 0.05) is 13.5 Å². The molecular weight excluding hydrogens is 200 g/mol. The van der Waals surface area contributed by atoms with Gasteiger partial charge in [-0.2, -0.15) is 0 Å². The van der Waals surface area contributed by atoms with E-state index in [2.05, 4.69) is 34.6 Å². The van der Waals surface area contributed by atoms with Crippen LogP contribution >= 0.6 is 0 Å². The summed E-state index contributed by atoms with van der Waals surface area (Å²) < 4.78 is 11.7. The van der Waals surface area contributed by atoms with Crippen LogP contribution in [0.25, 0.3) is 0 Å². The Kier molecular flexibility index (Phi) is 8.04. The van der Waals surface area contributed by atoms with Crippen molar-refractivity contribution in [3.63, 3.8) is 0 Å². The zero-order chi connectivity index (χ0) is 12.6. The number of hydrogen-bond acceptors (Lipinski definition) is 2. The topological polar surface area (TPSA) is 18.5 Å². The zero-order valence-corrected chi connectivity index (χ0v) is 12.0. The molecule has 0 spiro atoms. The third kappa shape index (κ3) is 4.84. The zero-order valence-electron chi connectivity index (χ0n) is 12.0. The molecule has 0 heterocycles. The van der Waals surface area contributed by atoms with Crippen molar-refractivity contribution < 1.29 is 9.47 Å². The van der Waals surface area contributed by atoms with Crippen LogP contribution in [0.3, 0.4) is 0 Å². The second-order valence-electron chi connectivity index (χ2n) is 4.68. The fourth-order valence-electron chi connectivity index (χ4n) is 2.29. The average molecular weight is 230 g/mol. The summed E-state index contributed by atoms with van der Waals surface area (Å²) in [6, 6.07) is 0. The van der Waals surface area contributed by atoms with Gasteiger partial charge in [-0.3, -0.25) is 0 Å². The standard InChI is InChI=1S/C14H30O2/c1-7-13(8-2)16-12(5)11-14(9-3,10-4)15-6/h12-13H,7-11H2,1-6H3. The monoisotopic (exact) mass is 230 g/mol. The SMILES string of the molecule is CCC(CC)OC(C)CC(CC)(CC)OC. The van der Waals surface area contributed by atoms with Gasteiger partial charge in [0.25, 0.3) is 0 Å². The van der Waals surface area contributed by atoms with Crippen molar-refractivity contribution in [1.29, 1.82) is 0 Å². The minimum atomic E-state index is 0.00541. The summed E-state index contributed by atoms with van der Waals surface area (Å²) in [6.45, 7) is 10.9. The van der Waals surface area contributed by atoms with Crippen molar-refractivity contribution in [2.24, 2.45) is 0 Å². The van der Waals surface area contributed by atoms with E-state index in [-0.39, 0.29) is 11.7 Å². The van der Waals surface area contributed by atoms with Crippen LogP contribution in [0.15, 0.2) is 0 Å². The van der Waals surface area contributed by atoms with Crippen molar-refractivity contribution in [3.8, 4) is 0 Å². The van der Waals surface area contributed by atoms with E-state index in [9.17, 15) is 0 Å². The van der Waals surface area contributed by atoms with Crippen LogP contribution in [0.4, 0.5) is 0 Å². The fourth-order valence-corrected chi connectivity index (χ4v) is 2.29. The summed E-state index contributed by atoms with van der Waals surface area (Å²) in [5.41, 5.74) is 0.00541. The molecule has 0 saturated heterocycles. The molecule has 0 amide bonds. The molecular formula is C14H30O2. The Morgan fingerprint density at radius 1 is 1.00 bits per heavy atom. The van der Waals surface area contributed by atoms with Crippen LogP contribution in [-0.4, -0.2) is 24.9 Å². The number of hydrogen-bond donors (Lipinski definition) is 0. The average Bonchev–Trinajstić information content (AvgIpc) is 2.33. The Balaban J connectivity index is 4.23. The third-order valence-corrected chi connectivity index (χ3v) is 3.72. The normalized spacial score (nSPS) is 14.4. The van der Waals surface area contributed by atoms with Crippen molar-refractivity contribution in [1.82, 2.24) is 0 Å². The molecule has 0 aliphatic rings. The number of ether oxygens (including phenoxy) is 2. The van der Waals surface area contributed by atoms with Crippen LogP contribution in [0.5, 0.6) is 0 Å². The largest absolute Gasteiger partial charge is 0.378 e. The van der Waals surface area contributed by atoms with Gasteiger partial charge in [0.1, 0.15) is 0 Å². The Hall–Kier alpha value is -0.0800. The van der Waals surface area contributed by atoms with Gasteiger partial charge in [0.2, 0.25) is 0 Å². The van der Waals surface area contributed by atoms with Gasteiger partial charge in [-0.15, -0.1) is 0 Å². The maximum absolute atomic E-state index is 6.03. The lowest BCUT2D eigenvalue weighted by atomic mass is 9.90. The second kappa shape index (κ2) is 8.08. The third-order valence-electron chi connectivity index (χ3n) is 3.72. The van der Waals surface area contributed by atoms with Crippen LogP contribution < -0.4 is 0 Å². The Morgan fingerprint density at radius 2 is 1.50 bits per heavy atom. The highest BCUT2D eigenvalue weighted by Crippen LogP contribution is 2.27. The lowest BCUT2D eigenvalue weighted by Gasteiger charge is -2.34. The molecule has 2 nitrogen and oxygen atoms in total. The predicted octanol–water partition coefficient (Wildman–Crippen LogP) is 4.18. The lowest BCUT2D eigenvalue weighted by Crippen LogP contribution is -2.35. The highest BCUT2D eigenvalue weighted by Gasteiger charge is 2.28. The van der Waals surface area contributed by atoms with E-state index < -0.39 is 0 Å². The first kappa shape index (κ1) is 15.9. The molecule has 0 aromatic carbocycles. The first-order valence-electron chi connectivity index (χ1n) is 6.77. The Labute approximate surface area is 102 Å². The molecule has 0 N–H and O–H groups in total. The van der Waals surface area contributed by atoms with Crippen molar-refractivity contribution >= 4 is 0 Å². The second-order valence-corrected chi connectivity index (χ2v) is 4.68. The maximum Gasteiger partial charge on any atom is 0.0698 e. The molecule has 0 aromatic rings. The highest BCUT2D eigenvalue weighted by molar-refractivity contribution is 4.80. The lowest BCUT2D eigenvalue weighted by molar-refractivity contribution is -0.0842. The summed E-state index contributed by atoms with van der Waals surface area (Å²) in [7, 11) is 1.82. The molecule has 2 heteroatoms. The molecule has 0 aromatic heterocycles. The van der Waals surface area contributed by atoms with Crippen molar-refractivity contribution in [2.75, 3.05) is 7.11 Å². The minimum absolute atomic E-state index is 0.00541. The van der Waals surface area contributed by atoms with Gasteiger partial charge in [-0.05, 0) is 32.6 Å². The van der Waals surface area contributed by atoms with Crippen LogP contribution in [0.2, 0.25) is 0 Å². The summed E-state index contributed by atoms with van der Waals surface area (Å²) in [5.74, 6) is 0. The van der Waals surface area contributed by atoms with Crippen molar-refractivity contribution in [2.45, 2.75) is 84.5 Å². The van der Waals surface area contributed by atoms with Gasteiger partial charge in [0.05, 0.1) is 17.8 Å². The van der Waals surface area contributed by atoms with Gasteiger partial charge < -0.3 is 9.47 Å². The van der Waals surface area contributed by atoms with Gasteiger partial charge in [-0.1, -0.05) is 27.7 Å². The molecule has 98 valence electrons. The van der Waals surface area contributed by atoms with Crippen LogP contribution in [-0.2, 0) is 9.47 Å². The predicted molar refractivity (Wildman–Crippen MR) is 69.9 cm³/mol. The maximum atomic E-state index is 6.03. The van der Waals surface area contributed by atoms with E-state index in [1.54, 1.807) is 0 Å². The van der Waals surface area contributed by atoms with Crippen molar-refractivity contribution in [3.05, 3.63) is 0 Å². The van der Waals surface area contributed by atoms with Gasteiger partial charge in [-0.25, -0.2) is 0 Å². The number of methoxy groups -OCH3 is 1. The molecule has 16 heavy (non-hydrogen) atoms. The van der Waals surface area contributed by atoms with E-state index in [1.807, 2.05) is 7.11 Å². The molecule has 1 atom stereocenters. The number of rotatable bonds is 9. The minimum Gasteiger partial charge on any atom is -0.378 e. The fraction of sp³-hybridized carbons (Fsp3) is 1.00. The molecule has 0 aliphatic carbocycles. The summed E-state index contributed by atoms with van der Waals surface area (Å²) >= 11 is 0. The molecule has 0 bridgehead atoms. The molecule has 0 saturated carbocycles. The molecule has 0 fully saturated rings. The van der Waals surface area contributed by atoms with E-state index in [0.29, 0.717) is 6.10 Å². The summed E-state index contributed by atoms with van der Waals surface area (Å²) in [4.78, 5) is 0.